The summed E-state index contributed by atoms with van der Waals surface area (Å²) in [7, 11) is 0. The van der Waals surface area contributed by atoms with E-state index in [0.717, 1.165) is 37.2 Å². The quantitative estimate of drug-likeness (QED) is 0.533. The first-order valence-corrected chi connectivity index (χ1v) is 8.19. The smallest absolute Gasteiger partial charge is 0.335 e. The molecule has 0 unspecified atom stereocenters. The Kier molecular flexibility index (Phi) is 4.43. The Morgan fingerprint density at radius 1 is 1.30 bits per heavy atom. The Hall–Kier alpha value is -1.82. The third-order valence-corrected chi connectivity index (χ3v) is 4.92. The minimum atomic E-state index is -1.24. The van der Waals surface area contributed by atoms with Crippen molar-refractivity contribution >= 4 is 11.9 Å². The van der Waals surface area contributed by atoms with Crippen LogP contribution in [-0.2, 0) is 19.1 Å². The van der Waals surface area contributed by atoms with Gasteiger partial charge in [0.1, 0.15) is 12.7 Å². The molecule has 0 radical (unpaired) electrons. The second-order valence-electron chi connectivity index (χ2n) is 6.46. The van der Waals surface area contributed by atoms with Crippen molar-refractivity contribution in [2.24, 2.45) is 5.92 Å². The van der Waals surface area contributed by atoms with Crippen molar-refractivity contribution < 1.29 is 24.2 Å². The van der Waals surface area contributed by atoms with Crippen LogP contribution in [0.15, 0.2) is 22.9 Å². The average Bonchev–Trinajstić information content (AvgIpc) is 3.11. The van der Waals surface area contributed by atoms with E-state index in [0.29, 0.717) is 5.57 Å². The van der Waals surface area contributed by atoms with E-state index in [1.54, 1.807) is 19.9 Å². The number of nitrogens with zero attached hydrogens (tertiary/aromatic N) is 1. The lowest BCUT2D eigenvalue weighted by molar-refractivity contribution is -0.156. The van der Waals surface area contributed by atoms with Crippen LogP contribution in [0.2, 0.25) is 0 Å². The van der Waals surface area contributed by atoms with Gasteiger partial charge in [-0.1, -0.05) is 13.0 Å². The van der Waals surface area contributed by atoms with Crippen LogP contribution in [-0.4, -0.2) is 53.8 Å². The van der Waals surface area contributed by atoms with Crippen LogP contribution in [0.5, 0.6) is 0 Å². The fraction of sp³-hybridized carbons (Fsp3) is 0.647. The van der Waals surface area contributed by atoms with Crippen LogP contribution in [0, 0.1) is 5.92 Å². The minimum Gasteiger partial charge on any atom is -0.459 e. The van der Waals surface area contributed by atoms with E-state index in [4.69, 9.17) is 9.47 Å². The number of rotatable bonds is 0. The van der Waals surface area contributed by atoms with E-state index in [1.165, 1.54) is 0 Å². The molecule has 0 amide bonds. The highest BCUT2D eigenvalue weighted by Crippen LogP contribution is 2.35. The van der Waals surface area contributed by atoms with Crippen molar-refractivity contribution in [3.05, 3.63) is 22.9 Å². The van der Waals surface area contributed by atoms with Gasteiger partial charge in [0.25, 0.3) is 0 Å². The Morgan fingerprint density at radius 2 is 2.09 bits per heavy atom. The van der Waals surface area contributed by atoms with Crippen LogP contribution < -0.4 is 0 Å². The minimum absolute atomic E-state index is 0.166. The maximum absolute atomic E-state index is 12.4. The van der Waals surface area contributed by atoms with Crippen molar-refractivity contribution in [2.45, 2.75) is 45.3 Å². The summed E-state index contributed by atoms with van der Waals surface area (Å²) in [5, 5.41) is 10.1. The van der Waals surface area contributed by atoms with Crippen molar-refractivity contribution in [1.29, 1.82) is 0 Å². The zero-order chi connectivity index (χ0) is 16.6. The number of cyclic esters (lactones) is 1. The molecule has 0 aromatic heterocycles. The van der Waals surface area contributed by atoms with Crippen LogP contribution in [0.1, 0.15) is 33.1 Å². The largest absolute Gasteiger partial charge is 0.459 e. The fourth-order valence-electron chi connectivity index (χ4n) is 3.53. The maximum atomic E-state index is 12.4. The molecule has 3 aliphatic heterocycles. The van der Waals surface area contributed by atoms with Gasteiger partial charge in [-0.2, -0.15) is 0 Å². The Labute approximate surface area is 135 Å². The molecule has 0 bridgehead atoms. The highest BCUT2D eigenvalue weighted by molar-refractivity contribution is 5.89. The lowest BCUT2D eigenvalue weighted by atomic mass is 9.95. The normalized spacial score (nSPS) is 34.0. The van der Waals surface area contributed by atoms with E-state index in [2.05, 4.69) is 4.90 Å². The molecule has 3 atom stereocenters. The van der Waals surface area contributed by atoms with Gasteiger partial charge in [-0.15, -0.1) is 0 Å². The molecule has 1 N–H and O–H groups in total. The Bertz CT molecular complexity index is 580. The molecule has 6 nitrogen and oxygen atoms in total. The monoisotopic (exact) mass is 321 g/mol. The number of esters is 2. The number of aliphatic hydroxyl groups is 1. The summed E-state index contributed by atoms with van der Waals surface area (Å²) in [6.07, 6.45) is 2.06. The Morgan fingerprint density at radius 3 is 2.83 bits per heavy atom. The zero-order valence-corrected chi connectivity index (χ0v) is 13.6. The first-order chi connectivity index (χ1) is 11.0. The molecule has 3 heterocycles. The average molecular weight is 321 g/mol. The van der Waals surface area contributed by atoms with Gasteiger partial charge in [0.05, 0.1) is 5.70 Å². The number of allylic oxidation sites excluding steroid dienone is 1. The molecule has 0 aliphatic carbocycles. The molecule has 0 saturated carbocycles. The molecule has 3 aliphatic rings. The van der Waals surface area contributed by atoms with Gasteiger partial charge in [-0.25, -0.2) is 9.59 Å². The van der Waals surface area contributed by atoms with E-state index >= 15 is 0 Å². The molecular formula is C17H23NO5. The first-order valence-electron chi connectivity index (χ1n) is 8.19. The number of hydrogen-bond donors (Lipinski definition) is 1. The van der Waals surface area contributed by atoms with Gasteiger partial charge in [-0.3, -0.25) is 0 Å². The van der Waals surface area contributed by atoms with E-state index in [1.807, 2.05) is 0 Å². The molecule has 126 valence electrons. The maximum Gasteiger partial charge on any atom is 0.335 e. The second-order valence-corrected chi connectivity index (χ2v) is 6.46. The van der Waals surface area contributed by atoms with Crippen LogP contribution in [0.3, 0.4) is 0 Å². The van der Waals surface area contributed by atoms with Crippen LogP contribution in [0.4, 0.5) is 0 Å². The summed E-state index contributed by atoms with van der Waals surface area (Å²) in [4.78, 5) is 26.7. The number of aliphatic hydroxyl groups excluding tert-OH is 1. The van der Waals surface area contributed by atoms with Gasteiger partial charge >= 0.3 is 11.9 Å². The lowest BCUT2D eigenvalue weighted by Crippen LogP contribution is -2.32. The second kappa shape index (κ2) is 6.35. The molecule has 1 saturated heterocycles. The number of ether oxygens (including phenoxy) is 2. The topological polar surface area (TPSA) is 76.1 Å². The predicted octanol–water partition coefficient (Wildman–Crippen LogP) is 1.15. The molecule has 23 heavy (non-hydrogen) atoms. The van der Waals surface area contributed by atoms with Crippen molar-refractivity contribution in [3.8, 4) is 0 Å². The predicted molar refractivity (Wildman–Crippen MR) is 82.2 cm³/mol. The standard InChI is InChI=1S/C17H23NO5/c1-3-11-8-10(2)15(19)17(21)22-9-12-4-6-18-7-5-13(14(12)18)23-16(11)20/h3,10,13,15,19H,4-9H2,1-2H3/b11-3-/t10-,13-,15-/m1/s1. The Balaban J connectivity index is 1.91. The number of carbonyl (C=O) groups is 2. The van der Waals surface area contributed by atoms with Crippen molar-refractivity contribution in [2.75, 3.05) is 19.7 Å². The van der Waals surface area contributed by atoms with Gasteiger partial charge in [0, 0.05) is 25.1 Å². The van der Waals surface area contributed by atoms with Gasteiger partial charge in [0.15, 0.2) is 6.10 Å². The SMILES string of the molecule is C/C=C1/C[C@@H](C)[C@@H](O)C(=O)OCC2=C3[C@@H](CCN3CC2)OC1=O. The van der Waals surface area contributed by atoms with Gasteiger partial charge in [-0.05, 0) is 31.3 Å². The first kappa shape index (κ1) is 16.1. The molecule has 0 aromatic rings. The van der Waals surface area contributed by atoms with Crippen LogP contribution >= 0.6 is 0 Å². The van der Waals surface area contributed by atoms with E-state index in [-0.39, 0.29) is 25.1 Å². The third-order valence-electron chi connectivity index (χ3n) is 4.92. The summed E-state index contributed by atoms with van der Waals surface area (Å²) in [6.45, 7) is 5.38. The van der Waals surface area contributed by atoms with Gasteiger partial charge in [0.2, 0.25) is 0 Å². The molecular weight excluding hydrogens is 298 g/mol. The molecule has 6 heteroatoms. The highest BCUT2D eigenvalue weighted by atomic mass is 16.6. The van der Waals surface area contributed by atoms with E-state index < -0.39 is 18.0 Å². The summed E-state index contributed by atoms with van der Waals surface area (Å²) in [5.41, 5.74) is 2.48. The van der Waals surface area contributed by atoms with Crippen molar-refractivity contribution in [3.63, 3.8) is 0 Å². The summed E-state index contributed by atoms with van der Waals surface area (Å²) < 4.78 is 11.0. The van der Waals surface area contributed by atoms with E-state index in [9.17, 15) is 14.7 Å². The molecule has 0 aromatic carbocycles. The number of carbonyl (C=O) groups excluding carboxylic acids is 2. The summed E-state index contributed by atoms with van der Waals surface area (Å²) >= 11 is 0. The third kappa shape index (κ3) is 3.00. The van der Waals surface area contributed by atoms with Crippen LogP contribution in [0.25, 0.3) is 0 Å². The summed E-state index contributed by atoms with van der Waals surface area (Å²) in [5.74, 6) is -1.38. The lowest BCUT2D eigenvalue weighted by Gasteiger charge is -2.23. The highest BCUT2D eigenvalue weighted by Gasteiger charge is 2.38. The zero-order valence-electron chi connectivity index (χ0n) is 13.6. The molecule has 0 spiro atoms. The molecule has 3 rings (SSSR count). The summed E-state index contributed by atoms with van der Waals surface area (Å²) in [6, 6.07) is 0. The molecule has 1 fully saturated rings. The fourth-order valence-corrected chi connectivity index (χ4v) is 3.53. The van der Waals surface area contributed by atoms with Crippen molar-refractivity contribution in [1.82, 2.24) is 4.90 Å². The van der Waals surface area contributed by atoms with Gasteiger partial charge < -0.3 is 19.5 Å². The number of hydrogen-bond acceptors (Lipinski definition) is 6.